The summed E-state index contributed by atoms with van der Waals surface area (Å²) in [5, 5.41) is 8.96. The number of hydrogen-bond acceptors (Lipinski definition) is 1. The molecule has 3 rings (SSSR count). The maximum atomic E-state index is 8.96. The third-order valence-electron chi connectivity index (χ3n) is 4.95. The van der Waals surface area contributed by atoms with E-state index < -0.39 is 0 Å². The van der Waals surface area contributed by atoms with Gasteiger partial charge in [-0.1, -0.05) is 30.2 Å². The fourth-order valence-corrected chi connectivity index (χ4v) is 3.56. The van der Waals surface area contributed by atoms with Crippen LogP contribution in [0.15, 0.2) is 23.3 Å². The number of allylic oxidation sites excluding steroid dienone is 3. The molecule has 1 nitrogen and oxygen atoms in total. The highest BCUT2D eigenvalue weighted by Gasteiger charge is 2.52. The lowest BCUT2D eigenvalue weighted by atomic mass is 9.47. The predicted molar refractivity (Wildman–Crippen MR) is 68.2 cm³/mol. The molecule has 0 spiro atoms. The molecular formula is C15H24O. The summed E-state index contributed by atoms with van der Waals surface area (Å²) >= 11 is 0. The lowest BCUT2D eigenvalue weighted by molar-refractivity contribution is -0.0312. The van der Waals surface area contributed by atoms with Gasteiger partial charge in [0.2, 0.25) is 0 Å². The maximum absolute atomic E-state index is 8.96. The Hall–Kier alpha value is -0.560. The molecule has 3 atom stereocenters. The summed E-state index contributed by atoms with van der Waals surface area (Å²) in [6.45, 7) is 6.98. The van der Waals surface area contributed by atoms with E-state index in [2.05, 4.69) is 26.0 Å². The second-order valence-corrected chi connectivity index (χ2v) is 5.92. The molecule has 1 N–H and O–H groups in total. The molecule has 0 saturated heterocycles. The predicted octanol–water partition coefficient (Wildman–Crippen LogP) is 3.70. The van der Waals surface area contributed by atoms with Gasteiger partial charge in [0.25, 0.3) is 0 Å². The van der Waals surface area contributed by atoms with E-state index in [1.165, 1.54) is 19.3 Å². The maximum Gasteiger partial charge on any atom is 0.0639 e. The molecule has 1 saturated carbocycles. The third-order valence-corrected chi connectivity index (χ3v) is 4.95. The number of aliphatic hydroxyl groups excluding tert-OH is 1. The molecule has 2 unspecified atom stereocenters. The average Bonchev–Trinajstić information content (AvgIpc) is 2.28. The van der Waals surface area contributed by atoms with E-state index in [-0.39, 0.29) is 6.61 Å². The Morgan fingerprint density at radius 1 is 1.62 bits per heavy atom. The first-order valence-corrected chi connectivity index (χ1v) is 6.51. The van der Waals surface area contributed by atoms with Gasteiger partial charge in [-0.05, 0) is 56.8 Å². The Morgan fingerprint density at radius 3 is 2.94 bits per heavy atom. The van der Waals surface area contributed by atoms with E-state index in [4.69, 9.17) is 5.11 Å². The van der Waals surface area contributed by atoms with Gasteiger partial charge in [-0.2, -0.15) is 0 Å². The van der Waals surface area contributed by atoms with Gasteiger partial charge in [0.15, 0.2) is 0 Å². The first kappa shape index (κ1) is 11.9. The quantitative estimate of drug-likeness (QED) is 0.716. The summed E-state index contributed by atoms with van der Waals surface area (Å²) in [6.07, 6.45) is 9.77. The molecule has 3 aliphatic rings. The molecular weight excluding hydrogens is 196 g/mol. The molecule has 0 aromatic rings. The van der Waals surface area contributed by atoms with Gasteiger partial charge in [-0.15, -0.1) is 0 Å². The minimum atomic E-state index is 0.211. The van der Waals surface area contributed by atoms with E-state index >= 15 is 0 Å². The molecule has 1 heteroatoms. The van der Waals surface area contributed by atoms with Gasteiger partial charge in [0.05, 0.1) is 6.61 Å². The van der Waals surface area contributed by atoms with Crippen LogP contribution < -0.4 is 0 Å². The number of rotatable bonds is 4. The molecule has 16 heavy (non-hydrogen) atoms. The zero-order chi connectivity index (χ0) is 11.8. The average molecular weight is 220 g/mol. The lowest BCUT2D eigenvalue weighted by Crippen LogP contribution is -2.49. The summed E-state index contributed by atoms with van der Waals surface area (Å²) in [5.74, 6) is 1.76. The highest BCUT2D eigenvalue weighted by atomic mass is 16.3. The highest BCUT2D eigenvalue weighted by molar-refractivity contribution is 5.22. The SMILES string of the molecule is CC1=CC[C@H]2CC1C2(C)CC/C=C(/C)CO. The first-order valence-electron chi connectivity index (χ1n) is 6.51. The van der Waals surface area contributed by atoms with E-state index in [0.717, 1.165) is 23.8 Å². The van der Waals surface area contributed by atoms with E-state index in [0.29, 0.717) is 5.41 Å². The van der Waals surface area contributed by atoms with Gasteiger partial charge < -0.3 is 5.11 Å². The van der Waals surface area contributed by atoms with Gasteiger partial charge in [-0.3, -0.25) is 0 Å². The van der Waals surface area contributed by atoms with Crippen molar-refractivity contribution in [3.05, 3.63) is 23.3 Å². The molecule has 90 valence electrons. The van der Waals surface area contributed by atoms with Crippen LogP contribution in [0.3, 0.4) is 0 Å². The van der Waals surface area contributed by atoms with Crippen molar-refractivity contribution >= 4 is 0 Å². The summed E-state index contributed by atoms with van der Waals surface area (Å²) in [5.41, 5.74) is 3.28. The van der Waals surface area contributed by atoms with Crippen LogP contribution in [0.2, 0.25) is 0 Å². The zero-order valence-corrected chi connectivity index (χ0v) is 10.8. The van der Waals surface area contributed by atoms with Crippen molar-refractivity contribution in [3.63, 3.8) is 0 Å². The van der Waals surface area contributed by atoms with E-state index in [1.54, 1.807) is 5.57 Å². The van der Waals surface area contributed by atoms with Crippen molar-refractivity contribution in [2.45, 2.75) is 46.5 Å². The molecule has 1 fully saturated rings. The van der Waals surface area contributed by atoms with Gasteiger partial charge in [-0.25, -0.2) is 0 Å². The van der Waals surface area contributed by atoms with Crippen LogP contribution in [0.5, 0.6) is 0 Å². The van der Waals surface area contributed by atoms with Crippen LogP contribution in [0.1, 0.15) is 46.5 Å². The van der Waals surface area contributed by atoms with Gasteiger partial charge in [0, 0.05) is 0 Å². The van der Waals surface area contributed by atoms with Crippen molar-refractivity contribution in [3.8, 4) is 0 Å². The van der Waals surface area contributed by atoms with Crippen LogP contribution in [0.25, 0.3) is 0 Å². The van der Waals surface area contributed by atoms with Crippen LogP contribution in [-0.4, -0.2) is 11.7 Å². The third kappa shape index (κ3) is 1.86. The van der Waals surface area contributed by atoms with Crippen molar-refractivity contribution in [1.82, 2.24) is 0 Å². The van der Waals surface area contributed by atoms with Crippen molar-refractivity contribution in [2.75, 3.05) is 6.61 Å². The topological polar surface area (TPSA) is 20.2 Å². The molecule has 0 heterocycles. The number of hydrogen-bond donors (Lipinski definition) is 1. The standard InChI is InChI=1S/C15H24O/c1-11(10-16)5-4-8-15(3)13-7-6-12(2)14(15)9-13/h5-6,13-14,16H,4,7-10H2,1-3H3/b11-5-/t13-,14?,15?/m0/s1. The monoisotopic (exact) mass is 220 g/mol. The Bertz CT molecular complexity index is 326. The highest BCUT2D eigenvalue weighted by Crippen LogP contribution is 2.61. The molecule has 2 bridgehead atoms. The summed E-state index contributed by atoms with van der Waals surface area (Å²) in [4.78, 5) is 0. The van der Waals surface area contributed by atoms with Crippen LogP contribution >= 0.6 is 0 Å². The molecule has 0 aromatic heterocycles. The fraction of sp³-hybridized carbons (Fsp3) is 0.733. The summed E-state index contributed by atoms with van der Waals surface area (Å²) in [7, 11) is 0. The van der Waals surface area contributed by atoms with Crippen molar-refractivity contribution < 1.29 is 5.11 Å². The van der Waals surface area contributed by atoms with Crippen LogP contribution in [0.4, 0.5) is 0 Å². The second-order valence-electron chi connectivity index (χ2n) is 5.92. The molecule has 3 aliphatic carbocycles. The molecule has 0 amide bonds. The van der Waals surface area contributed by atoms with E-state index in [9.17, 15) is 0 Å². The Labute approximate surface area is 99.3 Å². The fourth-order valence-electron chi connectivity index (χ4n) is 3.56. The van der Waals surface area contributed by atoms with E-state index in [1.807, 2.05) is 6.92 Å². The lowest BCUT2D eigenvalue weighted by Gasteiger charge is -2.58. The van der Waals surface area contributed by atoms with Crippen LogP contribution in [-0.2, 0) is 0 Å². The first-order chi connectivity index (χ1) is 7.58. The van der Waals surface area contributed by atoms with Gasteiger partial charge >= 0.3 is 0 Å². The zero-order valence-electron chi connectivity index (χ0n) is 10.8. The Balaban J connectivity index is 1.94. The minimum Gasteiger partial charge on any atom is -0.392 e. The normalized spacial score (nSPS) is 38.0. The summed E-state index contributed by atoms with van der Waals surface area (Å²) in [6, 6.07) is 0. The minimum absolute atomic E-state index is 0.211. The Kier molecular flexibility index (Phi) is 3.25. The number of fused-ring (bicyclic) bond motifs is 1. The molecule has 0 aliphatic heterocycles. The second kappa shape index (κ2) is 4.37. The van der Waals surface area contributed by atoms with Crippen molar-refractivity contribution in [1.29, 1.82) is 0 Å². The smallest absolute Gasteiger partial charge is 0.0639 e. The Morgan fingerprint density at radius 2 is 2.38 bits per heavy atom. The van der Waals surface area contributed by atoms with Gasteiger partial charge in [0.1, 0.15) is 0 Å². The largest absolute Gasteiger partial charge is 0.392 e. The van der Waals surface area contributed by atoms with Crippen LogP contribution in [0, 0.1) is 17.3 Å². The van der Waals surface area contributed by atoms with Crippen molar-refractivity contribution in [2.24, 2.45) is 17.3 Å². The summed E-state index contributed by atoms with van der Waals surface area (Å²) < 4.78 is 0. The molecule has 0 radical (unpaired) electrons. The number of aliphatic hydroxyl groups is 1. The molecule has 0 aromatic carbocycles.